The van der Waals surface area contributed by atoms with E-state index in [1.807, 2.05) is 24.4 Å². The molecule has 4 aromatic rings. The predicted molar refractivity (Wildman–Crippen MR) is 123 cm³/mol. The molecule has 1 aliphatic heterocycles. The highest BCUT2D eigenvalue weighted by atomic mass is 16.5. The van der Waals surface area contributed by atoms with E-state index in [1.54, 1.807) is 43.5 Å². The molecule has 3 heterocycles. The highest BCUT2D eigenvalue weighted by Gasteiger charge is 2.28. The summed E-state index contributed by atoms with van der Waals surface area (Å²) in [4.78, 5) is 29.2. The maximum atomic E-state index is 13.0. The first-order chi connectivity index (χ1) is 16.1. The zero-order valence-corrected chi connectivity index (χ0v) is 18.1. The molecule has 0 unspecified atom stereocenters. The number of esters is 1. The highest BCUT2D eigenvalue weighted by Crippen LogP contribution is 2.36. The Morgan fingerprint density at radius 3 is 2.64 bits per heavy atom. The van der Waals surface area contributed by atoms with Gasteiger partial charge in [-0.3, -0.25) is 9.78 Å². The minimum Gasteiger partial charge on any atom is -0.497 e. The average Bonchev–Trinajstić information content (AvgIpc) is 3.36. The number of rotatable bonds is 5. The first-order valence-electron chi connectivity index (χ1n) is 10.4. The Bertz CT molecular complexity index is 1420. The fraction of sp³-hybridized carbons (Fsp3) is 0.115. The van der Waals surface area contributed by atoms with Crippen LogP contribution in [0, 0.1) is 0 Å². The second-order valence-electron chi connectivity index (χ2n) is 7.48. The fourth-order valence-electron chi connectivity index (χ4n) is 3.83. The van der Waals surface area contributed by atoms with E-state index in [1.165, 1.54) is 12.4 Å². The van der Waals surface area contributed by atoms with Crippen LogP contribution in [0.25, 0.3) is 17.0 Å². The number of pyridine rings is 1. The van der Waals surface area contributed by atoms with E-state index in [-0.39, 0.29) is 17.3 Å². The SMILES string of the molecule is CCn1cc(/C=C2\Oc3cc(OC(=O)c4ccncc4)ccc3C2=O)c2cc(OC)ccc21. The first-order valence-corrected chi connectivity index (χ1v) is 10.4. The maximum Gasteiger partial charge on any atom is 0.343 e. The van der Waals surface area contributed by atoms with Crippen LogP contribution in [0.2, 0.25) is 0 Å². The molecule has 0 spiro atoms. The topological polar surface area (TPSA) is 79.7 Å². The zero-order valence-electron chi connectivity index (χ0n) is 18.1. The Morgan fingerprint density at radius 1 is 1.09 bits per heavy atom. The Hall–Kier alpha value is -4.39. The quantitative estimate of drug-likeness (QED) is 0.250. The molecule has 0 saturated carbocycles. The van der Waals surface area contributed by atoms with Crippen molar-refractivity contribution >= 4 is 28.7 Å². The number of aromatic nitrogens is 2. The number of benzene rings is 2. The largest absolute Gasteiger partial charge is 0.497 e. The molecular formula is C26H20N2O5. The van der Waals surface area contributed by atoms with E-state index in [0.29, 0.717) is 16.9 Å². The van der Waals surface area contributed by atoms with E-state index < -0.39 is 5.97 Å². The summed E-state index contributed by atoms with van der Waals surface area (Å²) in [6, 6.07) is 13.7. The number of Topliss-reactive ketones (excluding diaryl/α,β-unsaturated/α-hetero) is 1. The number of hydrogen-bond acceptors (Lipinski definition) is 6. The molecular weight excluding hydrogens is 420 g/mol. The van der Waals surface area contributed by atoms with Gasteiger partial charge in [0.05, 0.1) is 18.2 Å². The number of allylic oxidation sites excluding steroid dienone is 1. The normalized spacial score (nSPS) is 13.8. The van der Waals surface area contributed by atoms with Gasteiger partial charge in [0, 0.05) is 47.7 Å². The molecule has 5 rings (SSSR count). The number of nitrogens with zero attached hydrogens (tertiary/aromatic N) is 2. The van der Waals surface area contributed by atoms with E-state index in [0.717, 1.165) is 28.8 Å². The van der Waals surface area contributed by atoms with Crippen molar-refractivity contribution in [2.24, 2.45) is 0 Å². The number of hydrogen-bond donors (Lipinski definition) is 0. The van der Waals surface area contributed by atoms with Crippen molar-refractivity contribution < 1.29 is 23.8 Å². The van der Waals surface area contributed by atoms with E-state index in [9.17, 15) is 9.59 Å². The van der Waals surface area contributed by atoms with Gasteiger partial charge >= 0.3 is 5.97 Å². The maximum absolute atomic E-state index is 13.0. The molecule has 7 nitrogen and oxygen atoms in total. The fourth-order valence-corrected chi connectivity index (χ4v) is 3.83. The number of carbonyl (C=O) groups excluding carboxylic acids is 2. The number of aryl methyl sites for hydroxylation is 1. The summed E-state index contributed by atoms with van der Waals surface area (Å²) in [6.07, 6.45) is 6.75. The molecule has 0 N–H and O–H groups in total. The molecule has 1 aliphatic rings. The van der Waals surface area contributed by atoms with Gasteiger partial charge in [-0.25, -0.2) is 4.79 Å². The smallest absolute Gasteiger partial charge is 0.343 e. The van der Waals surface area contributed by atoms with Gasteiger partial charge in [-0.15, -0.1) is 0 Å². The average molecular weight is 440 g/mol. The van der Waals surface area contributed by atoms with Crippen molar-refractivity contribution in [1.82, 2.24) is 9.55 Å². The minimum absolute atomic E-state index is 0.209. The van der Waals surface area contributed by atoms with E-state index in [4.69, 9.17) is 14.2 Å². The lowest BCUT2D eigenvalue weighted by atomic mass is 10.1. The van der Waals surface area contributed by atoms with E-state index in [2.05, 4.69) is 16.5 Å². The monoisotopic (exact) mass is 440 g/mol. The second-order valence-corrected chi connectivity index (χ2v) is 7.48. The van der Waals surface area contributed by atoms with Crippen LogP contribution in [-0.2, 0) is 6.54 Å². The lowest BCUT2D eigenvalue weighted by Crippen LogP contribution is -2.08. The predicted octanol–water partition coefficient (Wildman–Crippen LogP) is 4.90. The summed E-state index contributed by atoms with van der Waals surface area (Å²) < 4.78 is 18.8. The van der Waals surface area contributed by atoms with Gasteiger partial charge in [0.1, 0.15) is 17.2 Å². The summed E-state index contributed by atoms with van der Waals surface area (Å²) in [5.41, 5.74) is 2.69. The Balaban J connectivity index is 1.45. The van der Waals surface area contributed by atoms with Gasteiger partial charge in [-0.1, -0.05) is 0 Å². The lowest BCUT2D eigenvalue weighted by molar-refractivity contribution is 0.0734. The minimum atomic E-state index is -0.515. The standard InChI is InChI=1S/C26H20N2O5/c1-3-28-15-17(21-13-18(31-2)5-7-22(21)28)12-24-25(29)20-6-4-19(14-23(20)33-24)32-26(30)16-8-10-27-11-9-16/h4-15H,3H2,1-2H3/b24-12-. The van der Waals surface area contributed by atoms with Crippen LogP contribution in [0.5, 0.6) is 17.2 Å². The van der Waals surface area contributed by atoms with Gasteiger partial charge in [0.2, 0.25) is 5.78 Å². The summed E-state index contributed by atoms with van der Waals surface area (Å²) in [6.45, 7) is 2.84. The third kappa shape index (κ3) is 3.74. The second kappa shape index (κ2) is 8.27. The highest BCUT2D eigenvalue weighted by molar-refractivity contribution is 6.15. The van der Waals surface area contributed by atoms with Gasteiger partial charge in [0.15, 0.2) is 5.76 Å². The lowest BCUT2D eigenvalue weighted by Gasteiger charge is -2.05. The van der Waals surface area contributed by atoms with Gasteiger partial charge < -0.3 is 18.8 Å². The molecule has 33 heavy (non-hydrogen) atoms. The summed E-state index contributed by atoms with van der Waals surface area (Å²) in [5, 5.41) is 0.961. The Kier molecular flexibility index (Phi) is 5.14. The van der Waals surface area contributed by atoms with Crippen LogP contribution in [-0.4, -0.2) is 28.4 Å². The van der Waals surface area contributed by atoms with Crippen molar-refractivity contribution in [1.29, 1.82) is 0 Å². The van der Waals surface area contributed by atoms with Crippen molar-refractivity contribution in [3.8, 4) is 17.2 Å². The number of methoxy groups -OCH3 is 1. The third-order valence-electron chi connectivity index (χ3n) is 5.51. The first kappa shape index (κ1) is 20.5. The molecule has 0 fully saturated rings. The molecule has 7 heteroatoms. The van der Waals surface area contributed by atoms with Crippen LogP contribution in [0.3, 0.4) is 0 Å². The summed E-state index contributed by atoms with van der Waals surface area (Å²) in [7, 11) is 1.62. The molecule has 0 saturated heterocycles. The van der Waals surface area contributed by atoms with Gasteiger partial charge in [-0.05, 0) is 55.5 Å². The summed E-state index contributed by atoms with van der Waals surface area (Å²) in [5.74, 6) is 0.843. The van der Waals surface area contributed by atoms with Crippen LogP contribution in [0.15, 0.2) is 72.9 Å². The van der Waals surface area contributed by atoms with Crippen LogP contribution < -0.4 is 14.2 Å². The molecule has 0 bridgehead atoms. The molecule has 0 amide bonds. The summed E-state index contributed by atoms with van der Waals surface area (Å²) >= 11 is 0. The van der Waals surface area contributed by atoms with Crippen LogP contribution in [0.1, 0.15) is 33.2 Å². The molecule has 164 valence electrons. The van der Waals surface area contributed by atoms with Crippen molar-refractivity contribution in [2.45, 2.75) is 13.5 Å². The Morgan fingerprint density at radius 2 is 1.88 bits per heavy atom. The van der Waals surface area contributed by atoms with Crippen molar-refractivity contribution in [3.05, 3.63) is 89.6 Å². The third-order valence-corrected chi connectivity index (χ3v) is 5.51. The molecule has 0 atom stereocenters. The van der Waals surface area contributed by atoms with Crippen LogP contribution >= 0.6 is 0 Å². The van der Waals surface area contributed by atoms with Crippen LogP contribution in [0.4, 0.5) is 0 Å². The van der Waals surface area contributed by atoms with Crippen molar-refractivity contribution in [2.75, 3.05) is 7.11 Å². The molecule has 0 radical (unpaired) electrons. The molecule has 2 aromatic heterocycles. The Labute approximate surface area is 189 Å². The van der Waals surface area contributed by atoms with Gasteiger partial charge in [0.25, 0.3) is 0 Å². The van der Waals surface area contributed by atoms with Gasteiger partial charge in [-0.2, -0.15) is 0 Å². The number of ketones is 1. The molecule has 0 aliphatic carbocycles. The number of fused-ring (bicyclic) bond motifs is 2. The van der Waals surface area contributed by atoms with E-state index >= 15 is 0 Å². The number of ether oxygens (including phenoxy) is 3. The molecule has 2 aromatic carbocycles. The zero-order chi connectivity index (χ0) is 22.9. The van der Waals surface area contributed by atoms with Crippen molar-refractivity contribution in [3.63, 3.8) is 0 Å². The number of carbonyl (C=O) groups is 2.